The molecule has 0 aromatic carbocycles. The molecule has 19 heavy (non-hydrogen) atoms. The number of nitrogens with zero attached hydrogens (tertiary/aromatic N) is 2. The summed E-state index contributed by atoms with van der Waals surface area (Å²) in [5.74, 6) is 0.897. The van der Waals surface area contributed by atoms with Crippen molar-refractivity contribution in [3.63, 3.8) is 0 Å². The summed E-state index contributed by atoms with van der Waals surface area (Å²) in [6.07, 6.45) is 1.23. The summed E-state index contributed by atoms with van der Waals surface area (Å²) in [5.41, 5.74) is 0.764. The van der Waals surface area contributed by atoms with E-state index in [1.165, 1.54) is 6.26 Å². The van der Waals surface area contributed by atoms with E-state index in [2.05, 4.69) is 15.3 Å². The van der Waals surface area contributed by atoms with Crippen molar-refractivity contribution in [2.75, 3.05) is 17.3 Å². The van der Waals surface area contributed by atoms with Gasteiger partial charge in [-0.3, -0.25) is 0 Å². The highest BCUT2D eigenvalue weighted by Gasteiger charge is 2.12. The summed E-state index contributed by atoms with van der Waals surface area (Å²) >= 11 is 0. The van der Waals surface area contributed by atoms with Gasteiger partial charge in [-0.1, -0.05) is 0 Å². The molecule has 108 valence electrons. The lowest BCUT2D eigenvalue weighted by molar-refractivity contribution is 0.232. The number of aromatic nitrogens is 2. The maximum absolute atomic E-state index is 11.2. The van der Waals surface area contributed by atoms with Gasteiger partial charge in [0.15, 0.2) is 0 Å². The van der Waals surface area contributed by atoms with E-state index in [1.54, 1.807) is 13.0 Å². The zero-order valence-electron chi connectivity index (χ0n) is 12.0. The molecule has 0 aliphatic heterocycles. The van der Waals surface area contributed by atoms with E-state index in [-0.39, 0.29) is 17.9 Å². The van der Waals surface area contributed by atoms with E-state index >= 15 is 0 Å². The van der Waals surface area contributed by atoms with Gasteiger partial charge in [-0.2, -0.15) is 4.98 Å². The van der Waals surface area contributed by atoms with Crippen molar-refractivity contribution in [2.24, 2.45) is 0 Å². The lowest BCUT2D eigenvalue weighted by Crippen LogP contribution is -2.26. The Morgan fingerprint density at radius 1 is 1.32 bits per heavy atom. The summed E-state index contributed by atoms with van der Waals surface area (Å²) in [5, 5.41) is 2.97. The highest BCUT2D eigenvalue weighted by atomic mass is 32.2. The van der Waals surface area contributed by atoms with Gasteiger partial charge in [0.25, 0.3) is 0 Å². The number of anilines is 1. The van der Waals surface area contributed by atoms with Crippen LogP contribution < -0.4 is 10.1 Å². The Morgan fingerprint density at radius 3 is 2.47 bits per heavy atom. The largest absolute Gasteiger partial charge is 0.475 e. The molecule has 0 saturated carbocycles. The first-order chi connectivity index (χ1) is 8.65. The molecule has 0 amide bonds. The minimum Gasteiger partial charge on any atom is -0.475 e. The highest BCUT2D eigenvalue weighted by molar-refractivity contribution is 7.90. The fraction of sp³-hybridized carbons (Fsp3) is 0.667. The average molecular weight is 287 g/mol. The second-order valence-electron chi connectivity index (χ2n) is 4.98. The molecular formula is C12H21N3O3S. The van der Waals surface area contributed by atoms with Crippen molar-refractivity contribution >= 4 is 15.8 Å². The molecular weight excluding hydrogens is 266 g/mol. The third kappa shape index (κ3) is 6.37. The van der Waals surface area contributed by atoms with Crippen molar-refractivity contribution in [1.82, 2.24) is 9.97 Å². The lowest BCUT2D eigenvalue weighted by atomic mass is 10.4. The fourth-order valence-corrected chi connectivity index (χ4v) is 2.61. The van der Waals surface area contributed by atoms with E-state index in [1.807, 2.05) is 20.8 Å². The minimum absolute atomic E-state index is 0.0237. The molecule has 0 bridgehead atoms. The number of nitrogens with one attached hydrogen (secondary N) is 1. The van der Waals surface area contributed by atoms with Crippen LogP contribution in [0.2, 0.25) is 0 Å². The van der Waals surface area contributed by atoms with Crippen molar-refractivity contribution in [1.29, 1.82) is 0 Å². The Hall–Kier alpha value is -1.37. The van der Waals surface area contributed by atoms with Crippen LogP contribution in [0.25, 0.3) is 0 Å². The number of sulfone groups is 1. The van der Waals surface area contributed by atoms with Crippen LogP contribution in [0.5, 0.6) is 5.88 Å². The zero-order valence-corrected chi connectivity index (χ0v) is 12.8. The molecule has 1 aromatic heterocycles. The summed E-state index contributed by atoms with van der Waals surface area (Å²) in [6.45, 7) is 7.44. The maximum atomic E-state index is 11.2. The molecule has 1 unspecified atom stereocenters. The van der Waals surface area contributed by atoms with Crippen LogP contribution in [-0.2, 0) is 9.84 Å². The SMILES string of the molecule is Cc1cc(OC(C)C)nc(NC(C)CS(C)(=O)=O)n1. The van der Waals surface area contributed by atoms with Crippen LogP contribution in [0.4, 0.5) is 5.95 Å². The minimum atomic E-state index is -3.03. The molecule has 1 aromatic rings. The van der Waals surface area contributed by atoms with E-state index in [0.29, 0.717) is 11.8 Å². The number of ether oxygens (including phenoxy) is 1. The molecule has 0 aliphatic rings. The lowest BCUT2D eigenvalue weighted by Gasteiger charge is -2.15. The van der Waals surface area contributed by atoms with E-state index < -0.39 is 9.84 Å². The normalized spacial score (nSPS) is 13.4. The Balaban J connectivity index is 2.80. The second kappa shape index (κ2) is 6.18. The van der Waals surface area contributed by atoms with Gasteiger partial charge in [-0.15, -0.1) is 0 Å². The maximum Gasteiger partial charge on any atom is 0.226 e. The first-order valence-electron chi connectivity index (χ1n) is 6.12. The van der Waals surface area contributed by atoms with Crippen LogP contribution in [0, 0.1) is 6.92 Å². The molecule has 0 spiro atoms. The van der Waals surface area contributed by atoms with Crippen LogP contribution in [-0.4, -0.2) is 42.5 Å². The number of aryl methyl sites for hydroxylation is 1. The molecule has 0 radical (unpaired) electrons. The number of hydrogen-bond donors (Lipinski definition) is 1. The molecule has 1 rings (SSSR count). The van der Waals surface area contributed by atoms with E-state index in [0.717, 1.165) is 5.69 Å². The van der Waals surface area contributed by atoms with Gasteiger partial charge in [-0.05, 0) is 27.7 Å². The average Bonchev–Trinajstić information content (AvgIpc) is 2.10. The Bertz CT molecular complexity index is 529. The highest BCUT2D eigenvalue weighted by Crippen LogP contribution is 2.14. The third-order valence-electron chi connectivity index (χ3n) is 2.12. The molecule has 7 heteroatoms. The van der Waals surface area contributed by atoms with Crippen LogP contribution in [0.1, 0.15) is 26.5 Å². The summed E-state index contributed by atoms with van der Waals surface area (Å²) in [7, 11) is -3.03. The molecule has 6 nitrogen and oxygen atoms in total. The predicted octanol–water partition coefficient (Wildman–Crippen LogP) is 1.42. The zero-order chi connectivity index (χ0) is 14.6. The van der Waals surface area contributed by atoms with E-state index in [9.17, 15) is 8.42 Å². The Kier molecular flexibility index (Phi) is 5.11. The van der Waals surface area contributed by atoms with Gasteiger partial charge in [0.1, 0.15) is 9.84 Å². The number of hydrogen-bond acceptors (Lipinski definition) is 6. The van der Waals surface area contributed by atoms with Gasteiger partial charge in [0, 0.05) is 24.1 Å². The van der Waals surface area contributed by atoms with Crippen LogP contribution >= 0.6 is 0 Å². The van der Waals surface area contributed by atoms with Crippen molar-refractivity contribution in [3.05, 3.63) is 11.8 Å². The van der Waals surface area contributed by atoms with Crippen molar-refractivity contribution in [2.45, 2.75) is 39.8 Å². The van der Waals surface area contributed by atoms with Gasteiger partial charge in [-0.25, -0.2) is 13.4 Å². The van der Waals surface area contributed by atoms with Gasteiger partial charge >= 0.3 is 0 Å². The quantitative estimate of drug-likeness (QED) is 0.852. The number of rotatable bonds is 6. The summed E-state index contributed by atoms with van der Waals surface area (Å²) < 4.78 is 27.9. The topological polar surface area (TPSA) is 81.2 Å². The molecule has 1 heterocycles. The van der Waals surface area contributed by atoms with Crippen molar-refractivity contribution in [3.8, 4) is 5.88 Å². The first kappa shape index (κ1) is 15.7. The standard InChI is InChI=1S/C12H21N3O3S/c1-8(2)18-11-6-9(3)13-12(15-11)14-10(4)7-19(5,16)17/h6,8,10H,7H2,1-5H3,(H,13,14,15). The van der Waals surface area contributed by atoms with Gasteiger partial charge in [0.05, 0.1) is 11.9 Å². The molecule has 0 saturated heterocycles. The molecule has 0 aliphatic carbocycles. The summed E-state index contributed by atoms with van der Waals surface area (Å²) in [6, 6.07) is 1.48. The third-order valence-corrected chi connectivity index (χ3v) is 3.22. The fourth-order valence-electron chi connectivity index (χ4n) is 1.62. The van der Waals surface area contributed by atoms with Crippen LogP contribution in [0.15, 0.2) is 6.07 Å². The van der Waals surface area contributed by atoms with Gasteiger partial charge < -0.3 is 10.1 Å². The Labute approximate surface area is 114 Å². The van der Waals surface area contributed by atoms with Crippen LogP contribution in [0.3, 0.4) is 0 Å². The van der Waals surface area contributed by atoms with Crippen molar-refractivity contribution < 1.29 is 13.2 Å². The Morgan fingerprint density at radius 2 is 1.95 bits per heavy atom. The first-order valence-corrected chi connectivity index (χ1v) is 8.18. The monoisotopic (exact) mass is 287 g/mol. The molecule has 1 atom stereocenters. The van der Waals surface area contributed by atoms with Gasteiger partial charge in [0.2, 0.25) is 11.8 Å². The predicted molar refractivity (Wildman–Crippen MR) is 75.3 cm³/mol. The molecule has 1 N–H and O–H groups in total. The van der Waals surface area contributed by atoms with E-state index in [4.69, 9.17) is 4.74 Å². The molecule has 0 fully saturated rings. The second-order valence-corrected chi connectivity index (χ2v) is 7.16. The summed E-state index contributed by atoms with van der Waals surface area (Å²) in [4.78, 5) is 8.42. The smallest absolute Gasteiger partial charge is 0.226 e.